The van der Waals surface area contributed by atoms with Crippen LogP contribution in [0.3, 0.4) is 0 Å². The number of carbonyl (C=O) groups excluding carboxylic acids is 2. The molecule has 3 rings (SSSR count). The van der Waals surface area contributed by atoms with Gasteiger partial charge in [-0.15, -0.1) is 0 Å². The Morgan fingerprint density at radius 2 is 1.62 bits per heavy atom. The molecule has 1 aliphatic carbocycles. The molecule has 4 nitrogen and oxygen atoms in total. The first kappa shape index (κ1) is 13.8. The third-order valence-corrected chi connectivity index (χ3v) is 3.69. The van der Waals surface area contributed by atoms with Crippen LogP contribution in [0.2, 0.25) is 0 Å². The number of fused-ring (bicyclic) bond motifs is 2. The maximum absolute atomic E-state index is 12.5. The fraction of sp³-hybridized carbons (Fsp3) is 0.125. The summed E-state index contributed by atoms with van der Waals surface area (Å²) in [6, 6.07) is 9.64. The highest BCUT2D eigenvalue weighted by Gasteiger charge is 2.32. The minimum atomic E-state index is -0.359. The molecule has 0 bridgehead atoms. The molecule has 1 aliphatic rings. The van der Waals surface area contributed by atoms with Gasteiger partial charge in [0.25, 0.3) is 0 Å². The molecule has 0 unspecified atom stereocenters. The first-order chi connectivity index (χ1) is 10.1. The van der Waals surface area contributed by atoms with Crippen molar-refractivity contribution in [2.75, 3.05) is 11.9 Å². The quantitative estimate of drug-likeness (QED) is 0.740. The Balaban J connectivity index is 2.17. The van der Waals surface area contributed by atoms with E-state index in [0.717, 1.165) is 0 Å². The van der Waals surface area contributed by atoms with Gasteiger partial charge in [0.2, 0.25) is 0 Å². The lowest BCUT2D eigenvalue weighted by Gasteiger charge is -2.19. The van der Waals surface area contributed by atoms with Crippen molar-refractivity contribution in [3.63, 3.8) is 0 Å². The molecule has 21 heavy (non-hydrogen) atoms. The van der Waals surface area contributed by atoms with Gasteiger partial charge in [0, 0.05) is 22.0 Å². The first-order valence-corrected chi connectivity index (χ1v) is 7.50. The van der Waals surface area contributed by atoms with Crippen LogP contribution in [0.1, 0.15) is 31.8 Å². The average Bonchev–Trinajstić information content (AvgIpc) is 2.51. The van der Waals surface area contributed by atoms with E-state index in [-0.39, 0.29) is 34.2 Å². The molecule has 0 heterocycles. The van der Waals surface area contributed by atoms with Crippen LogP contribution in [0.5, 0.6) is 11.5 Å². The summed E-state index contributed by atoms with van der Waals surface area (Å²) in [4.78, 5) is 24.9. The molecule has 0 saturated heterocycles. The van der Waals surface area contributed by atoms with Gasteiger partial charge < -0.3 is 9.84 Å². The largest absolute Gasteiger partial charge is 0.504 e. The van der Waals surface area contributed by atoms with Crippen LogP contribution in [0.4, 0.5) is 0 Å². The Hall–Kier alpha value is -2.14. The number of alkyl halides is 1. The number of carbonyl (C=O) groups is 2. The molecular weight excluding hydrogens is 336 g/mol. The monoisotopic (exact) mass is 346 g/mol. The Labute approximate surface area is 129 Å². The summed E-state index contributed by atoms with van der Waals surface area (Å²) in [5.41, 5.74) is 0.902. The third-order valence-electron chi connectivity index (χ3n) is 3.36. The minimum absolute atomic E-state index is 0.0192. The summed E-state index contributed by atoms with van der Waals surface area (Å²) in [5, 5.41) is 10.9. The van der Waals surface area contributed by atoms with Gasteiger partial charge in [0.05, 0.1) is 12.2 Å². The fourth-order valence-corrected chi connectivity index (χ4v) is 2.58. The smallest absolute Gasteiger partial charge is 0.198 e. The zero-order valence-electron chi connectivity index (χ0n) is 10.9. The number of phenols is 1. The molecule has 106 valence electrons. The average molecular weight is 347 g/mol. The van der Waals surface area contributed by atoms with Crippen LogP contribution in [-0.2, 0) is 0 Å². The van der Waals surface area contributed by atoms with Crippen molar-refractivity contribution >= 4 is 27.5 Å². The molecular formula is C16H11BrO4. The van der Waals surface area contributed by atoms with Crippen molar-refractivity contribution in [2.24, 2.45) is 0 Å². The van der Waals surface area contributed by atoms with Gasteiger partial charge in [-0.1, -0.05) is 40.2 Å². The van der Waals surface area contributed by atoms with E-state index < -0.39 is 0 Å². The van der Waals surface area contributed by atoms with Crippen LogP contribution in [0, 0.1) is 0 Å². The predicted octanol–water partition coefficient (Wildman–Crippen LogP) is 2.94. The van der Waals surface area contributed by atoms with Crippen molar-refractivity contribution in [3.05, 3.63) is 58.7 Å². The molecule has 2 aromatic rings. The highest BCUT2D eigenvalue weighted by Crippen LogP contribution is 2.38. The van der Waals surface area contributed by atoms with Crippen LogP contribution < -0.4 is 4.74 Å². The van der Waals surface area contributed by atoms with Crippen molar-refractivity contribution in [1.82, 2.24) is 0 Å². The van der Waals surface area contributed by atoms with Gasteiger partial charge in [-0.2, -0.15) is 0 Å². The minimum Gasteiger partial charge on any atom is -0.504 e. The van der Waals surface area contributed by atoms with E-state index in [4.69, 9.17) is 4.74 Å². The maximum Gasteiger partial charge on any atom is 0.198 e. The Kier molecular flexibility index (Phi) is 3.51. The predicted molar refractivity (Wildman–Crippen MR) is 80.7 cm³/mol. The van der Waals surface area contributed by atoms with E-state index in [9.17, 15) is 14.7 Å². The third kappa shape index (κ3) is 2.14. The summed E-state index contributed by atoms with van der Waals surface area (Å²) in [5.74, 6) is -0.695. The second-order valence-corrected chi connectivity index (χ2v) is 5.37. The number of hydrogen-bond acceptors (Lipinski definition) is 4. The normalized spacial score (nSPS) is 12.8. The number of phenolic OH excluding ortho intramolecular Hbond substituents is 1. The number of ketones is 2. The lowest BCUT2D eigenvalue weighted by molar-refractivity contribution is 0.0976. The molecule has 0 atom stereocenters. The van der Waals surface area contributed by atoms with Crippen LogP contribution in [-0.4, -0.2) is 28.6 Å². The van der Waals surface area contributed by atoms with Gasteiger partial charge in [-0.25, -0.2) is 0 Å². The Morgan fingerprint density at radius 3 is 2.29 bits per heavy atom. The molecule has 0 radical (unpaired) electrons. The SMILES string of the molecule is O=C1c2ccccc2C(=O)c2c1ccc(OCCBr)c2O. The van der Waals surface area contributed by atoms with E-state index in [1.807, 2.05) is 0 Å². The molecule has 1 N–H and O–H groups in total. The van der Waals surface area contributed by atoms with Crippen LogP contribution in [0.25, 0.3) is 0 Å². The zero-order chi connectivity index (χ0) is 15.0. The standard InChI is InChI=1S/C16H11BrO4/c17-7-8-21-12-6-5-11-13(16(12)20)15(19)10-4-2-1-3-9(10)14(11)18/h1-6,20H,7-8H2. The van der Waals surface area contributed by atoms with Crippen molar-refractivity contribution in [1.29, 1.82) is 0 Å². The number of halogens is 1. The summed E-state index contributed by atoms with van der Waals surface area (Å²) < 4.78 is 5.36. The number of aromatic hydroxyl groups is 1. The highest BCUT2D eigenvalue weighted by molar-refractivity contribution is 9.09. The fourth-order valence-electron chi connectivity index (χ4n) is 2.41. The molecule has 0 aliphatic heterocycles. The molecule has 0 fully saturated rings. The number of hydrogen-bond donors (Lipinski definition) is 1. The summed E-state index contributed by atoms with van der Waals surface area (Å²) in [6.45, 7) is 0.352. The molecule has 5 heteroatoms. The Morgan fingerprint density at radius 1 is 0.952 bits per heavy atom. The van der Waals surface area contributed by atoms with E-state index in [1.54, 1.807) is 24.3 Å². The number of rotatable bonds is 3. The van der Waals surface area contributed by atoms with E-state index in [1.165, 1.54) is 12.1 Å². The van der Waals surface area contributed by atoms with E-state index in [0.29, 0.717) is 23.1 Å². The Bertz CT molecular complexity index is 752. The van der Waals surface area contributed by atoms with Gasteiger partial charge in [-0.3, -0.25) is 9.59 Å². The van der Waals surface area contributed by atoms with Crippen molar-refractivity contribution in [2.45, 2.75) is 0 Å². The first-order valence-electron chi connectivity index (χ1n) is 6.38. The summed E-state index contributed by atoms with van der Waals surface area (Å²) >= 11 is 3.22. The van der Waals surface area contributed by atoms with Crippen molar-refractivity contribution in [3.8, 4) is 11.5 Å². The zero-order valence-corrected chi connectivity index (χ0v) is 12.5. The lowest BCUT2D eigenvalue weighted by Crippen LogP contribution is -2.21. The molecule has 0 saturated carbocycles. The maximum atomic E-state index is 12.5. The van der Waals surface area contributed by atoms with E-state index >= 15 is 0 Å². The topological polar surface area (TPSA) is 63.6 Å². The van der Waals surface area contributed by atoms with Gasteiger partial charge in [0.15, 0.2) is 23.1 Å². The lowest BCUT2D eigenvalue weighted by atomic mass is 9.83. The van der Waals surface area contributed by atoms with Crippen LogP contribution in [0.15, 0.2) is 36.4 Å². The van der Waals surface area contributed by atoms with Gasteiger partial charge in [-0.05, 0) is 12.1 Å². The number of ether oxygens (including phenoxy) is 1. The summed E-state index contributed by atoms with van der Waals surface area (Å²) in [6.07, 6.45) is 0. The second kappa shape index (κ2) is 5.33. The van der Waals surface area contributed by atoms with Gasteiger partial charge in [0.1, 0.15) is 0 Å². The molecule has 0 aromatic heterocycles. The van der Waals surface area contributed by atoms with E-state index in [2.05, 4.69) is 15.9 Å². The molecule has 0 amide bonds. The second-order valence-electron chi connectivity index (χ2n) is 4.58. The van der Waals surface area contributed by atoms with Crippen molar-refractivity contribution < 1.29 is 19.4 Å². The highest BCUT2D eigenvalue weighted by atomic mass is 79.9. The molecule has 0 spiro atoms. The van der Waals surface area contributed by atoms with Crippen LogP contribution >= 0.6 is 15.9 Å². The van der Waals surface area contributed by atoms with Gasteiger partial charge >= 0.3 is 0 Å². The number of benzene rings is 2. The molecule has 2 aromatic carbocycles. The summed E-state index contributed by atoms with van der Waals surface area (Å²) in [7, 11) is 0.